The van der Waals surface area contributed by atoms with Crippen LogP contribution in [0.2, 0.25) is 0 Å². The lowest BCUT2D eigenvalue weighted by Gasteiger charge is -2.14. The molecule has 1 aromatic heterocycles. The van der Waals surface area contributed by atoms with Gasteiger partial charge in [-0.15, -0.1) is 0 Å². The van der Waals surface area contributed by atoms with E-state index in [1.165, 1.54) is 27.2 Å². The van der Waals surface area contributed by atoms with Crippen LogP contribution in [0.4, 0.5) is 0 Å². The van der Waals surface area contributed by atoms with Gasteiger partial charge in [0.25, 0.3) is 11.5 Å². The van der Waals surface area contributed by atoms with Crippen LogP contribution in [0.15, 0.2) is 53.3 Å². The SMILES string of the molecule is COc1ccc(CNC(=O)[C@H](C)OC(=O)c2cc3ccccc3c(=O)[nH]2)cc1OC. The van der Waals surface area contributed by atoms with Crippen molar-refractivity contribution in [3.05, 3.63) is 70.1 Å². The van der Waals surface area contributed by atoms with Crippen molar-refractivity contribution >= 4 is 22.6 Å². The third-order valence-electron chi connectivity index (χ3n) is 4.54. The molecule has 0 fully saturated rings. The summed E-state index contributed by atoms with van der Waals surface area (Å²) in [6.45, 7) is 1.68. The van der Waals surface area contributed by atoms with Crippen LogP contribution >= 0.6 is 0 Å². The number of fused-ring (bicyclic) bond motifs is 1. The van der Waals surface area contributed by atoms with Gasteiger partial charge in [0, 0.05) is 11.9 Å². The fraction of sp³-hybridized carbons (Fsp3) is 0.227. The number of H-pyrrole nitrogens is 1. The van der Waals surface area contributed by atoms with Crippen molar-refractivity contribution in [2.24, 2.45) is 0 Å². The average Bonchev–Trinajstić information content (AvgIpc) is 2.76. The summed E-state index contributed by atoms with van der Waals surface area (Å²) in [4.78, 5) is 39.3. The summed E-state index contributed by atoms with van der Waals surface area (Å²) >= 11 is 0. The molecule has 0 radical (unpaired) electrons. The van der Waals surface area contributed by atoms with E-state index in [2.05, 4.69) is 10.3 Å². The van der Waals surface area contributed by atoms with Crippen molar-refractivity contribution in [1.82, 2.24) is 10.3 Å². The van der Waals surface area contributed by atoms with Gasteiger partial charge in [0.05, 0.1) is 14.2 Å². The summed E-state index contributed by atoms with van der Waals surface area (Å²) in [6, 6.07) is 13.7. The van der Waals surface area contributed by atoms with Gasteiger partial charge in [-0.05, 0) is 42.1 Å². The van der Waals surface area contributed by atoms with E-state index in [1.807, 2.05) is 0 Å². The summed E-state index contributed by atoms with van der Waals surface area (Å²) in [5.41, 5.74) is 0.377. The Bertz CT molecular complexity index is 1140. The molecule has 2 N–H and O–H groups in total. The molecule has 0 saturated heterocycles. The molecular formula is C22H22N2O6. The molecule has 156 valence electrons. The number of carbonyl (C=O) groups is 2. The molecule has 1 atom stereocenters. The van der Waals surface area contributed by atoms with Crippen molar-refractivity contribution in [2.45, 2.75) is 19.6 Å². The minimum absolute atomic E-state index is 0.0155. The molecule has 0 spiro atoms. The van der Waals surface area contributed by atoms with Crippen LogP contribution in [0.5, 0.6) is 11.5 Å². The molecule has 3 rings (SSSR count). The Morgan fingerprint density at radius 3 is 2.50 bits per heavy atom. The highest BCUT2D eigenvalue weighted by Gasteiger charge is 2.20. The van der Waals surface area contributed by atoms with E-state index in [4.69, 9.17) is 14.2 Å². The van der Waals surface area contributed by atoms with Gasteiger partial charge >= 0.3 is 5.97 Å². The van der Waals surface area contributed by atoms with Crippen LogP contribution in [-0.4, -0.2) is 37.2 Å². The summed E-state index contributed by atoms with van der Waals surface area (Å²) < 4.78 is 15.6. The first-order valence-electron chi connectivity index (χ1n) is 9.24. The number of nitrogens with one attached hydrogen (secondary N) is 2. The maximum atomic E-state index is 12.4. The van der Waals surface area contributed by atoms with Gasteiger partial charge < -0.3 is 24.5 Å². The number of hydrogen-bond acceptors (Lipinski definition) is 6. The van der Waals surface area contributed by atoms with E-state index < -0.39 is 23.5 Å². The van der Waals surface area contributed by atoms with E-state index in [0.717, 1.165) is 5.56 Å². The van der Waals surface area contributed by atoms with Crippen LogP contribution in [0.25, 0.3) is 10.8 Å². The fourth-order valence-corrected chi connectivity index (χ4v) is 2.92. The summed E-state index contributed by atoms with van der Waals surface area (Å²) in [5.74, 6) is -0.129. The third-order valence-corrected chi connectivity index (χ3v) is 4.54. The molecule has 0 aliphatic heterocycles. The van der Waals surface area contributed by atoms with Crippen molar-refractivity contribution in [1.29, 1.82) is 0 Å². The Balaban J connectivity index is 1.63. The predicted octanol–water partition coefficient (Wildman–Crippen LogP) is 2.41. The number of methoxy groups -OCH3 is 2. The van der Waals surface area contributed by atoms with Crippen molar-refractivity contribution < 1.29 is 23.8 Å². The lowest BCUT2D eigenvalue weighted by atomic mass is 10.1. The number of pyridine rings is 1. The number of esters is 1. The standard InChI is InChI=1S/C22H22N2O6/c1-13(20(25)23-12-14-8-9-18(28-2)19(10-14)29-3)30-22(27)17-11-15-6-4-5-7-16(15)21(26)24-17/h4-11,13H,12H2,1-3H3,(H,23,25)(H,24,26)/t13-/m0/s1. The molecule has 0 aliphatic rings. The van der Waals surface area contributed by atoms with Crippen LogP contribution in [-0.2, 0) is 16.1 Å². The summed E-state index contributed by atoms with van der Waals surface area (Å²) in [7, 11) is 3.07. The molecule has 30 heavy (non-hydrogen) atoms. The highest BCUT2D eigenvalue weighted by atomic mass is 16.5. The quantitative estimate of drug-likeness (QED) is 0.580. The maximum absolute atomic E-state index is 12.4. The summed E-state index contributed by atoms with van der Waals surface area (Å²) in [6.07, 6.45) is -1.05. The van der Waals surface area contributed by atoms with E-state index >= 15 is 0 Å². The Hall–Kier alpha value is -3.81. The smallest absolute Gasteiger partial charge is 0.355 e. The minimum atomic E-state index is -1.05. The Morgan fingerprint density at radius 1 is 1.03 bits per heavy atom. The Morgan fingerprint density at radius 2 is 1.77 bits per heavy atom. The van der Waals surface area contributed by atoms with Crippen molar-refractivity contribution in [3.63, 3.8) is 0 Å². The van der Waals surface area contributed by atoms with Gasteiger partial charge in [0.1, 0.15) is 5.69 Å². The molecular weight excluding hydrogens is 388 g/mol. The van der Waals surface area contributed by atoms with E-state index in [1.54, 1.807) is 42.5 Å². The second-order valence-corrected chi connectivity index (χ2v) is 6.55. The fourth-order valence-electron chi connectivity index (χ4n) is 2.92. The first-order valence-corrected chi connectivity index (χ1v) is 9.24. The zero-order valence-electron chi connectivity index (χ0n) is 16.9. The molecule has 8 heteroatoms. The summed E-state index contributed by atoms with van der Waals surface area (Å²) in [5, 5.41) is 3.78. The normalized spacial score (nSPS) is 11.6. The van der Waals surface area contributed by atoms with Gasteiger partial charge in [-0.2, -0.15) is 0 Å². The molecule has 1 amide bonds. The number of amides is 1. The first-order chi connectivity index (χ1) is 14.4. The topological polar surface area (TPSA) is 107 Å². The monoisotopic (exact) mass is 410 g/mol. The number of aromatic amines is 1. The maximum Gasteiger partial charge on any atom is 0.355 e. The Labute approximate surface area is 172 Å². The third kappa shape index (κ3) is 4.60. The molecule has 1 heterocycles. The Kier molecular flexibility index (Phi) is 6.36. The van der Waals surface area contributed by atoms with Gasteiger partial charge in [-0.1, -0.05) is 24.3 Å². The number of carbonyl (C=O) groups excluding carboxylic acids is 2. The highest BCUT2D eigenvalue weighted by Crippen LogP contribution is 2.27. The molecule has 0 saturated carbocycles. The number of ether oxygens (including phenoxy) is 3. The van der Waals surface area contributed by atoms with E-state index in [9.17, 15) is 14.4 Å². The van der Waals surface area contributed by atoms with E-state index in [0.29, 0.717) is 22.3 Å². The minimum Gasteiger partial charge on any atom is -0.493 e. The molecule has 2 aromatic carbocycles. The molecule has 8 nitrogen and oxygen atoms in total. The van der Waals surface area contributed by atoms with Gasteiger partial charge in [-0.3, -0.25) is 9.59 Å². The number of rotatable bonds is 7. The van der Waals surface area contributed by atoms with Crippen molar-refractivity contribution in [2.75, 3.05) is 14.2 Å². The van der Waals surface area contributed by atoms with E-state index in [-0.39, 0.29) is 12.2 Å². The predicted molar refractivity (Wildman–Crippen MR) is 111 cm³/mol. The largest absolute Gasteiger partial charge is 0.493 e. The average molecular weight is 410 g/mol. The van der Waals surface area contributed by atoms with Crippen LogP contribution < -0.4 is 20.3 Å². The van der Waals surface area contributed by atoms with Crippen molar-refractivity contribution in [3.8, 4) is 11.5 Å². The molecule has 0 bridgehead atoms. The molecule has 0 unspecified atom stereocenters. The second kappa shape index (κ2) is 9.13. The number of hydrogen-bond donors (Lipinski definition) is 2. The highest BCUT2D eigenvalue weighted by molar-refractivity contribution is 5.94. The van der Waals surface area contributed by atoms with Gasteiger partial charge in [0.15, 0.2) is 17.6 Å². The number of benzene rings is 2. The molecule has 0 aliphatic carbocycles. The van der Waals surface area contributed by atoms with Gasteiger partial charge in [-0.25, -0.2) is 4.79 Å². The zero-order chi connectivity index (χ0) is 21.7. The zero-order valence-corrected chi connectivity index (χ0v) is 16.9. The lowest BCUT2D eigenvalue weighted by Crippen LogP contribution is -2.35. The molecule has 3 aromatic rings. The van der Waals surface area contributed by atoms with Crippen LogP contribution in [0.3, 0.4) is 0 Å². The van der Waals surface area contributed by atoms with Crippen LogP contribution in [0, 0.1) is 0 Å². The second-order valence-electron chi connectivity index (χ2n) is 6.55. The first kappa shape index (κ1) is 20.9. The lowest BCUT2D eigenvalue weighted by molar-refractivity contribution is -0.129. The van der Waals surface area contributed by atoms with Crippen LogP contribution in [0.1, 0.15) is 23.0 Å². The van der Waals surface area contributed by atoms with Gasteiger partial charge in [0.2, 0.25) is 0 Å². The number of aromatic nitrogens is 1.